The van der Waals surface area contributed by atoms with Gasteiger partial charge in [-0.25, -0.2) is 0 Å². The van der Waals surface area contributed by atoms with E-state index in [1.807, 2.05) is 31.2 Å². The Morgan fingerprint density at radius 2 is 1.88 bits per heavy atom. The molecule has 10 heteroatoms. The molecule has 0 radical (unpaired) electrons. The molecule has 0 aliphatic heterocycles. The Kier molecular flexibility index (Phi) is 6.71. The SMILES string of the molecule is CCCOc1cccc(-c2ccc(O)c3c2C[C@H]2C[C@H]4[C@H](N(C)C)C(=O)C(C(N)=O)=C(O)[C@@]4(O)C(=O)C2=C3O)c1. The molecular formula is C30H32N2O8. The van der Waals surface area contributed by atoms with Gasteiger partial charge in [-0.1, -0.05) is 25.1 Å². The Labute approximate surface area is 231 Å². The molecule has 1 saturated carbocycles. The van der Waals surface area contributed by atoms with Gasteiger partial charge in [-0.15, -0.1) is 0 Å². The van der Waals surface area contributed by atoms with Gasteiger partial charge in [0.1, 0.15) is 28.6 Å². The summed E-state index contributed by atoms with van der Waals surface area (Å²) in [6, 6.07) is 9.43. The summed E-state index contributed by atoms with van der Waals surface area (Å²) in [7, 11) is 3.13. The fourth-order valence-corrected chi connectivity index (χ4v) is 6.49. The number of benzene rings is 2. The van der Waals surface area contributed by atoms with Gasteiger partial charge >= 0.3 is 0 Å². The van der Waals surface area contributed by atoms with E-state index in [-0.39, 0.29) is 29.7 Å². The molecular weight excluding hydrogens is 516 g/mol. The van der Waals surface area contributed by atoms with Crippen LogP contribution >= 0.6 is 0 Å². The predicted molar refractivity (Wildman–Crippen MR) is 145 cm³/mol. The van der Waals surface area contributed by atoms with Crippen LogP contribution in [0.1, 0.15) is 30.9 Å². The van der Waals surface area contributed by atoms with Gasteiger partial charge in [-0.05, 0) is 74.2 Å². The molecule has 3 aliphatic rings. The van der Waals surface area contributed by atoms with Crippen LogP contribution in [0.25, 0.3) is 16.9 Å². The topological polar surface area (TPSA) is 171 Å². The van der Waals surface area contributed by atoms with E-state index in [4.69, 9.17) is 10.5 Å². The van der Waals surface area contributed by atoms with Gasteiger partial charge in [0.2, 0.25) is 5.78 Å². The fraction of sp³-hybridized carbons (Fsp3) is 0.367. The molecule has 1 fully saturated rings. The van der Waals surface area contributed by atoms with Crippen molar-refractivity contribution in [2.45, 2.75) is 37.8 Å². The number of nitrogens with two attached hydrogens (primary N) is 1. The second-order valence-corrected chi connectivity index (χ2v) is 10.8. The molecule has 2 aromatic rings. The van der Waals surface area contributed by atoms with Crippen LogP contribution in [0, 0.1) is 11.8 Å². The van der Waals surface area contributed by atoms with Gasteiger partial charge in [0.05, 0.1) is 18.2 Å². The molecule has 0 spiro atoms. The number of hydrogen-bond donors (Lipinski definition) is 5. The van der Waals surface area contributed by atoms with Crippen molar-refractivity contribution in [3.05, 3.63) is 64.4 Å². The number of phenols is 1. The van der Waals surface area contributed by atoms with E-state index in [1.165, 1.54) is 11.0 Å². The van der Waals surface area contributed by atoms with Crippen molar-refractivity contribution in [3.8, 4) is 22.6 Å². The minimum absolute atomic E-state index is 0.0283. The van der Waals surface area contributed by atoms with Crippen LogP contribution in [0.15, 0.2) is 53.3 Å². The maximum absolute atomic E-state index is 14.0. The number of primary amides is 1. The number of amides is 1. The standard InChI is InChI=1S/C30H32N2O8/c1-4-10-40-16-7-5-6-14(11-16)17-8-9-20(33)22-18(17)12-15-13-19-24(32(2)3)26(35)23(29(31)38)28(37)30(19,39)27(36)21(15)25(22)34/h5-9,11,15,19,24,33-34,37,39H,4,10,12-13H2,1-3H3,(H2,31,38)/t15-,19-,24-,30-/m0/s1. The van der Waals surface area contributed by atoms with Gasteiger partial charge in [0, 0.05) is 11.5 Å². The molecule has 5 rings (SSSR count). The van der Waals surface area contributed by atoms with E-state index in [0.29, 0.717) is 17.9 Å². The molecule has 2 aromatic carbocycles. The highest BCUT2D eigenvalue weighted by Crippen LogP contribution is 2.53. The summed E-state index contributed by atoms with van der Waals surface area (Å²) >= 11 is 0. The van der Waals surface area contributed by atoms with Gasteiger partial charge in [-0.2, -0.15) is 0 Å². The maximum Gasteiger partial charge on any atom is 0.255 e. The monoisotopic (exact) mass is 548 g/mol. The van der Waals surface area contributed by atoms with E-state index in [2.05, 4.69) is 0 Å². The van der Waals surface area contributed by atoms with Crippen molar-refractivity contribution in [2.75, 3.05) is 20.7 Å². The number of hydrogen-bond acceptors (Lipinski definition) is 9. The van der Waals surface area contributed by atoms with Crippen molar-refractivity contribution < 1.29 is 39.5 Å². The van der Waals surface area contributed by atoms with E-state index in [0.717, 1.165) is 17.5 Å². The van der Waals surface area contributed by atoms with Crippen LogP contribution in [-0.2, 0) is 20.8 Å². The Bertz CT molecular complexity index is 1510. The lowest BCUT2D eigenvalue weighted by atomic mass is 9.57. The third-order valence-electron chi connectivity index (χ3n) is 8.22. The summed E-state index contributed by atoms with van der Waals surface area (Å²) in [5.74, 6) is -6.08. The second-order valence-electron chi connectivity index (χ2n) is 10.8. The van der Waals surface area contributed by atoms with Crippen molar-refractivity contribution in [2.24, 2.45) is 17.6 Å². The van der Waals surface area contributed by atoms with Crippen LogP contribution in [0.4, 0.5) is 0 Å². The molecule has 0 heterocycles. The number of carbonyl (C=O) groups is 3. The van der Waals surface area contributed by atoms with Crippen LogP contribution in [0.2, 0.25) is 0 Å². The Balaban J connectivity index is 1.69. The highest BCUT2D eigenvalue weighted by molar-refractivity contribution is 6.24. The molecule has 6 N–H and O–H groups in total. The fourth-order valence-electron chi connectivity index (χ4n) is 6.49. The zero-order valence-electron chi connectivity index (χ0n) is 22.5. The lowest BCUT2D eigenvalue weighted by molar-refractivity contribution is -0.153. The first kappa shape index (κ1) is 27.4. The number of aromatic hydroxyl groups is 1. The van der Waals surface area contributed by atoms with E-state index >= 15 is 0 Å². The van der Waals surface area contributed by atoms with E-state index in [9.17, 15) is 34.8 Å². The summed E-state index contributed by atoms with van der Waals surface area (Å²) < 4.78 is 5.78. The van der Waals surface area contributed by atoms with Crippen LogP contribution in [-0.4, -0.2) is 75.1 Å². The summed E-state index contributed by atoms with van der Waals surface area (Å²) in [6.07, 6.45) is 1.07. The van der Waals surface area contributed by atoms with Gasteiger partial charge in [-0.3, -0.25) is 19.3 Å². The van der Waals surface area contributed by atoms with Crippen LogP contribution < -0.4 is 10.5 Å². The average molecular weight is 549 g/mol. The minimum atomic E-state index is -2.66. The molecule has 0 saturated heterocycles. The van der Waals surface area contributed by atoms with Crippen molar-refractivity contribution in [1.82, 2.24) is 4.90 Å². The summed E-state index contributed by atoms with van der Waals surface area (Å²) in [5.41, 5.74) is 3.83. The first-order valence-corrected chi connectivity index (χ1v) is 13.2. The number of fused-ring (bicyclic) bond motifs is 3. The first-order valence-electron chi connectivity index (χ1n) is 13.2. The molecule has 3 aliphatic carbocycles. The number of ketones is 2. The summed E-state index contributed by atoms with van der Waals surface area (Å²) in [6.45, 7) is 2.55. The minimum Gasteiger partial charge on any atom is -0.508 e. The maximum atomic E-state index is 14.0. The Morgan fingerprint density at radius 1 is 1.15 bits per heavy atom. The average Bonchev–Trinajstić information content (AvgIpc) is 2.89. The third-order valence-corrected chi connectivity index (χ3v) is 8.22. The lowest BCUT2D eigenvalue weighted by Gasteiger charge is -2.50. The summed E-state index contributed by atoms with van der Waals surface area (Å²) in [4.78, 5) is 40.8. The molecule has 40 heavy (non-hydrogen) atoms. The van der Waals surface area contributed by atoms with Crippen molar-refractivity contribution in [1.29, 1.82) is 0 Å². The number of aliphatic hydroxyl groups is 3. The smallest absolute Gasteiger partial charge is 0.255 e. The van der Waals surface area contributed by atoms with Crippen LogP contribution in [0.5, 0.6) is 11.5 Å². The second kappa shape index (κ2) is 9.79. The summed E-state index contributed by atoms with van der Waals surface area (Å²) in [5, 5.41) is 44.9. The number of rotatable bonds is 6. The van der Waals surface area contributed by atoms with E-state index in [1.54, 1.807) is 20.2 Å². The van der Waals surface area contributed by atoms with Crippen LogP contribution in [0.3, 0.4) is 0 Å². The highest BCUT2D eigenvalue weighted by atomic mass is 16.5. The number of carbonyl (C=O) groups excluding carboxylic acids is 3. The molecule has 0 bridgehead atoms. The van der Waals surface area contributed by atoms with Gasteiger partial charge < -0.3 is 30.9 Å². The number of nitrogens with zero attached hydrogens (tertiary/aromatic N) is 1. The molecule has 0 unspecified atom stereocenters. The number of aliphatic hydroxyl groups excluding tert-OH is 2. The largest absolute Gasteiger partial charge is 0.508 e. The van der Waals surface area contributed by atoms with Gasteiger partial charge in [0.25, 0.3) is 5.91 Å². The number of phenolic OH excluding ortho intramolecular Hbond substituents is 1. The molecule has 0 aromatic heterocycles. The molecule has 10 nitrogen and oxygen atoms in total. The molecule has 210 valence electrons. The van der Waals surface area contributed by atoms with Crippen molar-refractivity contribution >= 4 is 23.2 Å². The quantitative estimate of drug-likeness (QED) is 0.340. The number of Topliss-reactive ketones (excluding diaryl/α,β-unsaturated/α-hetero) is 2. The zero-order valence-corrected chi connectivity index (χ0v) is 22.5. The third kappa shape index (κ3) is 3.89. The predicted octanol–water partition coefficient (Wildman–Crippen LogP) is 2.42. The van der Waals surface area contributed by atoms with Gasteiger partial charge in [0.15, 0.2) is 11.4 Å². The van der Waals surface area contributed by atoms with E-state index < -0.39 is 58.0 Å². The Hall–Kier alpha value is -4.15. The normalized spacial score (nSPS) is 26.0. The number of likely N-dealkylation sites (N-methyl/N-ethyl adjacent to an activating group) is 1. The zero-order chi connectivity index (χ0) is 29.1. The molecule has 1 amide bonds. The highest BCUT2D eigenvalue weighted by Gasteiger charge is 2.64. The molecule has 4 atom stereocenters. The lowest BCUT2D eigenvalue weighted by Crippen LogP contribution is -2.65. The number of ether oxygens (including phenoxy) is 1. The Morgan fingerprint density at radius 3 is 2.52 bits per heavy atom. The van der Waals surface area contributed by atoms with Crippen molar-refractivity contribution in [3.63, 3.8) is 0 Å². The first-order chi connectivity index (χ1) is 18.9.